The van der Waals surface area contributed by atoms with Crippen LogP contribution in [0, 0.1) is 5.82 Å². The zero-order chi connectivity index (χ0) is 8.43. The van der Waals surface area contributed by atoms with Crippen LogP contribution in [-0.2, 0) is 0 Å². The molecule has 1 aromatic carbocycles. The van der Waals surface area contributed by atoms with Crippen molar-refractivity contribution in [2.75, 3.05) is 6.26 Å². The molecule has 0 amide bonds. The van der Waals surface area contributed by atoms with Crippen LogP contribution in [0.1, 0.15) is 0 Å². The highest BCUT2D eigenvalue weighted by atomic mass is 35.5. The van der Waals surface area contributed by atoms with Gasteiger partial charge in [-0.3, -0.25) is 0 Å². The van der Waals surface area contributed by atoms with Crippen LogP contribution >= 0.6 is 23.4 Å². The first-order valence-corrected chi connectivity index (χ1v) is 4.47. The highest BCUT2D eigenvalue weighted by molar-refractivity contribution is 7.98. The lowest BCUT2D eigenvalue weighted by Crippen LogP contribution is -1.81. The van der Waals surface area contributed by atoms with E-state index >= 15 is 0 Å². The average molecular weight is 193 g/mol. The third-order valence-electron chi connectivity index (χ3n) is 1.20. The predicted molar refractivity (Wildman–Crippen MR) is 44.9 cm³/mol. The topological polar surface area (TPSA) is 20.2 Å². The summed E-state index contributed by atoms with van der Waals surface area (Å²) < 4.78 is 12.9. The third kappa shape index (κ3) is 1.79. The van der Waals surface area contributed by atoms with Crippen LogP contribution in [0.15, 0.2) is 17.0 Å². The summed E-state index contributed by atoms with van der Waals surface area (Å²) in [6.07, 6.45) is 1.72. The summed E-state index contributed by atoms with van der Waals surface area (Å²) in [5, 5.41) is 8.94. The molecule has 0 aliphatic rings. The molecule has 0 fully saturated rings. The maximum absolute atomic E-state index is 12.9. The second-order valence-corrected chi connectivity index (χ2v) is 3.20. The van der Waals surface area contributed by atoms with Crippen molar-refractivity contribution in [3.8, 4) is 5.75 Å². The Morgan fingerprint density at radius 1 is 1.55 bits per heavy atom. The molecular formula is C7H6ClFOS. The number of halogens is 2. The largest absolute Gasteiger partial charge is 0.508 e. The number of hydrogen-bond donors (Lipinski definition) is 1. The molecule has 0 saturated heterocycles. The Morgan fingerprint density at radius 3 is 2.73 bits per heavy atom. The van der Waals surface area contributed by atoms with Gasteiger partial charge in [0.2, 0.25) is 0 Å². The van der Waals surface area contributed by atoms with Gasteiger partial charge in [0.1, 0.15) is 5.75 Å². The first kappa shape index (κ1) is 8.68. The minimum absolute atomic E-state index is 0.0132. The fourth-order valence-electron chi connectivity index (χ4n) is 0.699. The molecule has 0 saturated carbocycles. The molecule has 0 aliphatic carbocycles. The van der Waals surface area contributed by atoms with Crippen molar-refractivity contribution in [3.63, 3.8) is 0 Å². The molecule has 0 aromatic heterocycles. The standard InChI is InChI=1S/C7H6ClFOS/c1-11-6-3-4(10)2-5(8)7(6)9/h2-3,10H,1H3. The lowest BCUT2D eigenvalue weighted by molar-refractivity contribution is 0.470. The lowest BCUT2D eigenvalue weighted by atomic mass is 10.3. The molecule has 1 rings (SSSR count). The van der Waals surface area contributed by atoms with Gasteiger partial charge in [-0.1, -0.05) is 11.6 Å². The monoisotopic (exact) mass is 192 g/mol. The normalized spacial score (nSPS) is 10.1. The van der Waals surface area contributed by atoms with Gasteiger partial charge in [-0.15, -0.1) is 11.8 Å². The minimum Gasteiger partial charge on any atom is -0.508 e. The number of rotatable bonds is 1. The molecule has 0 heterocycles. The number of phenolic OH excluding ortho intramolecular Hbond substituents is 1. The van der Waals surface area contributed by atoms with Gasteiger partial charge < -0.3 is 5.11 Å². The van der Waals surface area contributed by atoms with E-state index < -0.39 is 5.82 Å². The number of hydrogen-bond acceptors (Lipinski definition) is 2. The Hall–Kier alpha value is -0.410. The molecule has 0 bridgehead atoms. The average Bonchev–Trinajstić information content (AvgIpc) is 1.96. The minimum atomic E-state index is -0.475. The van der Waals surface area contributed by atoms with Crippen molar-refractivity contribution in [2.24, 2.45) is 0 Å². The van der Waals surface area contributed by atoms with E-state index in [0.717, 1.165) is 0 Å². The van der Waals surface area contributed by atoms with E-state index in [9.17, 15) is 4.39 Å². The zero-order valence-corrected chi connectivity index (χ0v) is 7.34. The third-order valence-corrected chi connectivity index (χ3v) is 2.21. The van der Waals surface area contributed by atoms with Crippen molar-refractivity contribution < 1.29 is 9.50 Å². The second kappa shape index (κ2) is 3.32. The summed E-state index contributed by atoms with van der Waals surface area (Å²) in [7, 11) is 0. The number of benzene rings is 1. The van der Waals surface area contributed by atoms with Crippen molar-refractivity contribution in [1.82, 2.24) is 0 Å². The molecule has 1 aromatic rings. The summed E-state index contributed by atoms with van der Waals surface area (Å²) >= 11 is 6.65. The van der Waals surface area contributed by atoms with E-state index in [-0.39, 0.29) is 10.8 Å². The van der Waals surface area contributed by atoms with Crippen LogP contribution in [0.3, 0.4) is 0 Å². The van der Waals surface area contributed by atoms with Crippen molar-refractivity contribution in [3.05, 3.63) is 23.0 Å². The van der Waals surface area contributed by atoms with Crippen molar-refractivity contribution in [2.45, 2.75) is 4.90 Å². The Morgan fingerprint density at radius 2 is 2.18 bits per heavy atom. The van der Waals surface area contributed by atoms with Gasteiger partial charge in [0, 0.05) is 11.0 Å². The molecule has 1 N–H and O–H groups in total. The first-order chi connectivity index (χ1) is 5.15. The van der Waals surface area contributed by atoms with Gasteiger partial charge in [-0.05, 0) is 12.3 Å². The molecule has 0 aliphatic heterocycles. The maximum Gasteiger partial charge on any atom is 0.155 e. The molecule has 1 nitrogen and oxygen atoms in total. The molecule has 0 radical (unpaired) electrons. The van der Waals surface area contributed by atoms with E-state index in [0.29, 0.717) is 4.90 Å². The Bertz CT molecular complexity index is 277. The molecular weight excluding hydrogens is 187 g/mol. The summed E-state index contributed by atoms with van der Waals surface area (Å²) in [5.74, 6) is -0.488. The number of phenols is 1. The summed E-state index contributed by atoms with van der Waals surface area (Å²) in [4.78, 5) is 0.356. The van der Waals surface area contributed by atoms with Gasteiger partial charge in [0.05, 0.1) is 5.02 Å². The van der Waals surface area contributed by atoms with Gasteiger partial charge >= 0.3 is 0 Å². The SMILES string of the molecule is CSc1cc(O)cc(Cl)c1F. The van der Waals surface area contributed by atoms with Crippen LogP contribution in [0.5, 0.6) is 5.75 Å². The van der Waals surface area contributed by atoms with Crippen molar-refractivity contribution >= 4 is 23.4 Å². The fourth-order valence-corrected chi connectivity index (χ4v) is 1.50. The maximum atomic E-state index is 12.9. The second-order valence-electron chi connectivity index (χ2n) is 1.94. The van der Waals surface area contributed by atoms with E-state index in [1.165, 1.54) is 23.9 Å². The zero-order valence-electron chi connectivity index (χ0n) is 5.77. The summed E-state index contributed by atoms with van der Waals surface area (Å²) in [5.41, 5.74) is 0. The molecule has 0 unspecified atom stereocenters. The Kier molecular flexibility index (Phi) is 2.62. The van der Waals surface area contributed by atoms with Crippen LogP contribution in [-0.4, -0.2) is 11.4 Å². The Labute approximate surface area is 73.2 Å². The molecule has 60 valence electrons. The predicted octanol–water partition coefficient (Wildman–Crippen LogP) is 2.91. The van der Waals surface area contributed by atoms with E-state index in [2.05, 4.69) is 0 Å². The summed E-state index contributed by atoms with van der Waals surface area (Å²) in [6, 6.07) is 2.52. The molecule has 0 atom stereocenters. The van der Waals surface area contributed by atoms with Gasteiger partial charge in [-0.2, -0.15) is 0 Å². The summed E-state index contributed by atoms with van der Waals surface area (Å²) in [6.45, 7) is 0. The van der Waals surface area contributed by atoms with E-state index in [1.54, 1.807) is 6.26 Å². The highest BCUT2D eigenvalue weighted by Gasteiger charge is 2.07. The number of aromatic hydroxyl groups is 1. The molecule has 4 heteroatoms. The number of thioether (sulfide) groups is 1. The first-order valence-electron chi connectivity index (χ1n) is 2.87. The van der Waals surface area contributed by atoms with Crippen LogP contribution in [0.25, 0.3) is 0 Å². The van der Waals surface area contributed by atoms with Gasteiger partial charge in [0.15, 0.2) is 5.82 Å². The fraction of sp³-hybridized carbons (Fsp3) is 0.143. The molecule has 0 spiro atoms. The Balaban J connectivity index is 3.24. The van der Waals surface area contributed by atoms with E-state index in [4.69, 9.17) is 16.7 Å². The van der Waals surface area contributed by atoms with E-state index in [1.807, 2.05) is 0 Å². The van der Waals surface area contributed by atoms with Crippen LogP contribution in [0.4, 0.5) is 4.39 Å². The van der Waals surface area contributed by atoms with Crippen LogP contribution in [0.2, 0.25) is 5.02 Å². The van der Waals surface area contributed by atoms with Crippen LogP contribution < -0.4 is 0 Å². The van der Waals surface area contributed by atoms with Gasteiger partial charge in [0.25, 0.3) is 0 Å². The quantitative estimate of drug-likeness (QED) is 0.691. The highest BCUT2D eigenvalue weighted by Crippen LogP contribution is 2.29. The molecule has 11 heavy (non-hydrogen) atoms. The smallest absolute Gasteiger partial charge is 0.155 e. The van der Waals surface area contributed by atoms with Crippen molar-refractivity contribution in [1.29, 1.82) is 0 Å². The van der Waals surface area contributed by atoms with Gasteiger partial charge in [-0.25, -0.2) is 4.39 Å². The lowest BCUT2D eigenvalue weighted by Gasteiger charge is -2.01.